The van der Waals surface area contributed by atoms with E-state index < -0.39 is 0 Å². The van der Waals surface area contributed by atoms with Crippen LogP contribution in [0.4, 0.5) is 0 Å². The molecule has 3 rings (SSSR count). The minimum absolute atomic E-state index is 0.0430. The van der Waals surface area contributed by atoms with Crippen LogP contribution in [0.25, 0.3) is 0 Å². The van der Waals surface area contributed by atoms with Crippen molar-refractivity contribution < 1.29 is 4.74 Å². The van der Waals surface area contributed by atoms with Crippen molar-refractivity contribution in [1.82, 2.24) is 4.90 Å². The number of hydrogen-bond donors (Lipinski definition) is 0. The van der Waals surface area contributed by atoms with Gasteiger partial charge in [-0.25, -0.2) is 0 Å². The van der Waals surface area contributed by atoms with Gasteiger partial charge >= 0.3 is 0 Å². The third-order valence-corrected chi connectivity index (χ3v) is 3.94. The van der Waals surface area contributed by atoms with Crippen LogP contribution in [0.5, 0.6) is 0 Å². The summed E-state index contributed by atoms with van der Waals surface area (Å²) in [6.07, 6.45) is 0.179. The van der Waals surface area contributed by atoms with Crippen LogP contribution >= 0.6 is 0 Å². The van der Waals surface area contributed by atoms with Crippen LogP contribution in [-0.4, -0.2) is 18.0 Å². The smallest absolute Gasteiger partial charge is 0.137 e. The van der Waals surface area contributed by atoms with Crippen molar-refractivity contribution in [1.29, 1.82) is 0 Å². The molecule has 0 N–H and O–H groups in total. The predicted octanol–water partition coefficient (Wildman–Crippen LogP) is 3.78. The average Bonchev–Trinajstić information content (AvgIpc) is 2.77. The molecule has 19 heavy (non-hydrogen) atoms. The molecule has 2 aromatic carbocycles. The highest BCUT2D eigenvalue weighted by Crippen LogP contribution is 2.40. The first kappa shape index (κ1) is 12.4. The molecule has 1 fully saturated rings. The van der Waals surface area contributed by atoms with E-state index in [2.05, 4.69) is 67.4 Å². The molecule has 0 aromatic heterocycles. The van der Waals surface area contributed by atoms with Gasteiger partial charge in [-0.15, -0.1) is 0 Å². The van der Waals surface area contributed by atoms with E-state index in [0.29, 0.717) is 6.04 Å². The van der Waals surface area contributed by atoms with Crippen LogP contribution in [0.3, 0.4) is 0 Å². The first-order valence-electron chi connectivity index (χ1n) is 6.74. The lowest BCUT2D eigenvalue weighted by atomic mass is 10.0. The van der Waals surface area contributed by atoms with E-state index >= 15 is 0 Å². The second-order valence-electron chi connectivity index (χ2n) is 5.14. The van der Waals surface area contributed by atoms with Gasteiger partial charge in [0.1, 0.15) is 12.3 Å². The highest BCUT2D eigenvalue weighted by molar-refractivity contribution is 5.23. The minimum atomic E-state index is 0.0430. The van der Waals surface area contributed by atoms with E-state index in [1.54, 1.807) is 0 Å². The summed E-state index contributed by atoms with van der Waals surface area (Å²) in [6, 6.07) is 21.3. The van der Waals surface area contributed by atoms with Gasteiger partial charge < -0.3 is 4.74 Å². The van der Waals surface area contributed by atoms with E-state index in [0.717, 1.165) is 0 Å². The van der Waals surface area contributed by atoms with Crippen LogP contribution < -0.4 is 0 Å². The lowest BCUT2D eigenvalue weighted by Crippen LogP contribution is -2.27. The van der Waals surface area contributed by atoms with Gasteiger partial charge in [0.25, 0.3) is 0 Å². The van der Waals surface area contributed by atoms with E-state index in [9.17, 15) is 0 Å². The first-order chi connectivity index (χ1) is 9.27. The fourth-order valence-corrected chi connectivity index (χ4v) is 2.71. The SMILES string of the molecule is C[C@H]1[C@H](c2ccccc2)O[C@@H](c2ccccc2)N1C. The monoisotopic (exact) mass is 253 g/mol. The Morgan fingerprint density at radius 3 is 1.95 bits per heavy atom. The summed E-state index contributed by atoms with van der Waals surface area (Å²) in [4.78, 5) is 2.30. The molecule has 3 atom stereocenters. The predicted molar refractivity (Wildman–Crippen MR) is 76.7 cm³/mol. The normalized spacial score (nSPS) is 27.6. The zero-order chi connectivity index (χ0) is 13.2. The second-order valence-corrected chi connectivity index (χ2v) is 5.14. The van der Waals surface area contributed by atoms with Crippen molar-refractivity contribution >= 4 is 0 Å². The Morgan fingerprint density at radius 1 is 0.842 bits per heavy atom. The molecule has 1 heterocycles. The Hall–Kier alpha value is -1.64. The molecule has 0 radical (unpaired) electrons. The Morgan fingerprint density at radius 2 is 1.37 bits per heavy atom. The Balaban J connectivity index is 1.88. The molecule has 0 unspecified atom stereocenters. The first-order valence-corrected chi connectivity index (χ1v) is 6.74. The number of ether oxygens (including phenoxy) is 1. The minimum Gasteiger partial charge on any atom is -0.349 e. The van der Waals surface area contributed by atoms with Crippen molar-refractivity contribution in [2.24, 2.45) is 0 Å². The Kier molecular flexibility index (Phi) is 3.36. The summed E-state index contributed by atoms with van der Waals surface area (Å²) in [5, 5.41) is 0. The number of rotatable bonds is 2. The highest BCUT2D eigenvalue weighted by Gasteiger charge is 2.38. The third kappa shape index (κ3) is 2.29. The molecule has 2 heteroatoms. The molecule has 1 saturated heterocycles. The standard InChI is InChI=1S/C17H19NO/c1-13-16(14-9-5-3-6-10-14)19-17(18(13)2)15-11-7-4-8-12-15/h3-13,16-17H,1-2H3/t13-,16+,17-/m0/s1. The fourth-order valence-electron chi connectivity index (χ4n) is 2.71. The average molecular weight is 253 g/mol. The van der Waals surface area contributed by atoms with Gasteiger partial charge in [0.05, 0.1) is 0 Å². The van der Waals surface area contributed by atoms with Crippen molar-refractivity contribution in [3.8, 4) is 0 Å². The molecular formula is C17H19NO. The molecule has 0 amide bonds. The lowest BCUT2D eigenvalue weighted by molar-refractivity contribution is 0.00560. The molecule has 0 saturated carbocycles. The zero-order valence-corrected chi connectivity index (χ0v) is 11.4. The number of hydrogen-bond acceptors (Lipinski definition) is 2. The topological polar surface area (TPSA) is 12.5 Å². The molecule has 0 aliphatic carbocycles. The number of nitrogens with zero attached hydrogens (tertiary/aromatic N) is 1. The van der Waals surface area contributed by atoms with E-state index in [1.165, 1.54) is 11.1 Å². The third-order valence-electron chi connectivity index (χ3n) is 3.94. The zero-order valence-electron chi connectivity index (χ0n) is 11.4. The molecule has 2 nitrogen and oxygen atoms in total. The largest absolute Gasteiger partial charge is 0.349 e. The summed E-state index contributed by atoms with van der Waals surface area (Å²) >= 11 is 0. The van der Waals surface area contributed by atoms with E-state index in [1.807, 2.05) is 12.1 Å². The quantitative estimate of drug-likeness (QED) is 0.807. The van der Waals surface area contributed by atoms with Crippen LogP contribution in [0, 0.1) is 0 Å². The van der Waals surface area contributed by atoms with Crippen LogP contribution in [0.15, 0.2) is 60.7 Å². The lowest BCUT2D eigenvalue weighted by Gasteiger charge is -2.21. The molecule has 1 aliphatic rings. The second kappa shape index (κ2) is 5.16. The van der Waals surface area contributed by atoms with Crippen molar-refractivity contribution in [3.63, 3.8) is 0 Å². The van der Waals surface area contributed by atoms with E-state index in [4.69, 9.17) is 4.74 Å². The van der Waals surface area contributed by atoms with Gasteiger partial charge in [0.2, 0.25) is 0 Å². The van der Waals surface area contributed by atoms with Gasteiger partial charge in [-0.1, -0.05) is 60.7 Å². The summed E-state index contributed by atoms with van der Waals surface area (Å²) < 4.78 is 6.28. The molecule has 1 aliphatic heterocycles. The highest BCUT2D eigenvalue weighted by atomic mass is 16.5. The van der Waals surface area contributed by atoms with Gasteiger partial charge in [0.15, 0.2) is 0 Å². The van der Waals surface area contributed by atoms with E-state index in [-0.39, 0.29) is 12.3 Å². The maximum absolute atomic E-state index is 6.28. The Labute approximate surface area is 114 Å². The summed E-state index contributed by atoms with van der Waals surface area (Å²) in [7, 11) is 2.13. The van der Waals surface area contributed by atoms with Gasteiger partial charge in [-0.05, 0) is 25.1 Å². The number of benzene rings is 2. The van der Waals surface area contributed by atoms with Gasteiger partial charge in [0, 0.05) is 6.04 Å². The summed E-state index contributed by atoms with van der Waals surface area (Å²) in [5.74, 6) is 0. The van der Waals surface area contributed by atoms with Crippen LogP contribution in [-0.2, 0) is 4.74 Å². The number of likely N-dealkylation sites (N-methyl/N-ethyl adjacent to an activating group) is 1. The molecule has 2 aromatic rings. The van der Waals surface area contributed by atoms with Crippen LogP contribution in [0.1, 0.15) is 30.4 Å². The molecule has 98 valence electrons. The summed E-state index contributed by atoms with van der Waals surface area (Å²) in [6.45, 7) is 2.22. The van der Waals surface area contributed by atoms with Gasteiger partial charge in [-0.3, -0.25) is 4.90 Å². The maximum Gasteiger partial charge on any atom is 0.137 e. The van der Waals surface area contributed by atoms with Gasteiger partial charge in [-0.2, -0.15) is 0 Å². The fraction of sp³-hybridized carbons (Fsp3) is 0.294. The molecule has 0 spiro atoms. The maximum atomic E-state index is 6.28. The molecular weight excluding hydrogens is 234 g/mol. The van der Waals surface area contributed by atoms with Crippen molar-refractivity contribution in [3.05, 3.63) is 71.8 Å². The Bertz CT molecular complexity index is 476. The summed E-state index contributed by atoms with van der Waals surface area (Å²) in [5.41, 5.74) is 2.47. The van der Waals surface area contributed by atoms with Crippen molar-refractivity contribution in [2.75, 3.05) is 7.05 Å². The molecule has 0 bridgehead atoms. The van der Waals surface area contributed by atoms with Crippen molar-refractivity contribution in [2.45, 2.75) is 25.3 Å². The van der Waals surface area contributed by atoms with Crippen LogP contribution in [0.2, 0.25) is 0 Å².